The second kappa shape index (κ2) is 7.50. The zero-order valence-corrected chi connectivity index (χ0v) is 13.6. The number of alkyl carbamates (subject to hydrolysis) is 1. The molecular formula is C15H29NO4. The van der Waals surface area contributed by atoms with Gasteiger partial charge in [0.05, 0.1) is 12.0 Å². The Kier molecular flexibility index (Phi) is 7.03. The van der Waals surface area contributed by atoms with E-state index in [1.807, 2.05) is 6.92 Å². The summed E-state index contributed by atoms with van der Waals surface area (Å²) in [6.45, 7) is 11.4. The lowest BCUT2D eigenvalue weighted by Gasteiger charge is -2.35. The molecule has 2 N–H and O–H groups in total. The van der Waals surface area contributed by atoms with Crippen LogP contribution in [0.15, 0.2) is 0 Å². The highest BCUT2D eigenvalue weighted by Crippen LogP contribution is 2.27. The molecule has 0 saturated heterocycles. The molecule has 0 aliphatic carbocycles. The Hall–Kier alpha value is -1.26. The lowest BCUT2D eigenvalue weighted by Crippen LogP contribution is -2.51. The molecule has 5 nitrogen and oxygen atoms in total. The third kappa shape index (κ3) is 7.36. The van der Waals surface area contributed by atoms with Crippen molar-refractivity contribution < 1.29 is 19.4 Å². The van der Waals surface area contributed by atoms with Gasteiger partial charge in [-0.05, 0) is 39.5 Å². The van der Waals surface area contributed by atoms with Crippen molar-refractivity contribution in [2.45, 2.75) is 78.4 Å². The average Bonchev–Trinajstić information content (AvgIpc) is 2.24. The average molecular weight is 287 g/mol. The normalized spacial score (nSPS) is 16.1. The quantitative estimate of drug-likeness (QED) is 0.750. The van der Waals surface area contributed by atoms with E-state index in [1.54, 1.807) is 20.8 Å². The van der Waals surface area contributed by atoms with Crippen molar-refractivity contribution in [3.8, 4) is 0 Å². The van der Waals surface area contributed by atoms with Crippen LogP contribution < -0.4 is 5.32 Å². The van der Waals surface area contributed by atoms with Gasteiger partial charge in [0.2, 0.25) is 0 Å². The molecule has 0 aliphatic heterocycles. The van der Waals surface area contributed by atoms with E-state index >= 15 is 0 Å². The summed E-state index contributed by atoms with van der Waals surface area (Å²) in [6.07, 6.45) is 1.49. The molecule has 0 radical (unpaired) electrons. The molecule has 2 atom stereocenters. The zero-order chi connectivity index (χ0) is 16.0. The Morgan fingerprint density at radius 3 is 2.15 bits per heavy atom. The van der Waals surface area contributed by atoms with E-state index in [9.17, 15) is 9.59 Å². The third-order valence-electron chi connectivity index (χ3n) is 3.37. The number of carbonyl (C=O) groups excluding carboxylic acids is 1. The second-order valence-electron chi connectivity index (χ2n) is 6.55. The maximum atomic E-state index is 12.0. The lowest BCUT2D eigenvalue weighted by atomic mass is 9.82. The van der Waals surface area contributed by atoms with Gasteiger partial charge in [0.25, 0.3) is 0 Å². The Morgan fingerprint density at radius 1 is 1.25 bits per heavy atom. The van der Waals surface area contributed by atoms with Gasteiger partial charge in [-0.25, -0.2) is 4.79 Å². The van der Waals surface area contributed by atoms with E-state index < -0.39 is 23.2 Å². The standard InChI is InChI=1S/C15H29NO4/c1-7-11(3)9-15(8-2,10-12(17)18)16-13(19)20-14(4,5)6/h11H,7-10H2,1-6H3,(H,16,19)(H,17,18). The summed E-state index contributed by atoms with van der Waals surface area (Å²) in [7, 11) is 0. The monoisotopic (exact) mass is 287 g/mol. The number of ether oxygens (including phenoxy) is 1. The van der Waals surface area contributed by atoms with E-state index in [4.69, 9.17) is 9.84 Å². The number of carboxylic acid groups (broad SMARTS) is 1. The molecule has 0 fully saturated rings. The van der Waals surface area contributed by atoms with Gasteiger partial charge in [0.1, 0.15) is 5.60 Å². The molecule has 0 saturated carbocycles. The molecule has 0 heterocycles. The summed E-state index contributed by atoms with van der Waals surface area (Å²) in [5.41, 5.74) is -1.34. The molecule has 2 unspecified atom stereocenters. The maximum Gasteiger partial charge on any atom is 0.408 e. The fourth-order valence-electron chi connectivity index (χ4n) is 2.15. The van der Waals surface area contributed by atoms with Crippen LogP contribution in [0.5, 0.6) is 0 Å². The first-order chi connectivity index (χ1) is 9.03. The van der Waals surface area contributed by atoms with Gasteiger partial charge in [-0.3, -0.25) is 4.79 Å². The molecule has 0 aromatic heterocycles. The molecule has 0 bridgehead atoms. The first-order valence-corrected chi connectivity index (χ1v) is 7.26. The number of carbonyl (C=O) groups is 2. The minimum absolute atomic E-state index is 0.0902. The van der Waals surface area contributed by atoms with E-state index in [0.29, 0.717) is 18.8 Å². The van der Waals surface area contributed by atoms with Crippen LogP contribution in [0.2, 0.25) is 0 Å². The smallest absolute Gasteiger partial charge is 0.408 e. The molecule has 0 aromatic carbocycles. The SMILES string of the molecule is CCC(C)CC(CC)(CC(=O)O)NC(=O)OC(C)(C)C. The van der Waals surface area contributed by atoms with Crippen LogP contribution >= 0.6 is 0 Å². The van der Waals surface area contributed by atoms with Gasteiger partial charge >= 0.3 is 12.1 Å². The van der Waals surface area contributed by atoms with Gasteiger partial charge in [-0.15, -0.1) is 0 Å². The van der Waals surface area contributed by atoms with Gasteiger partial charge in [-0.2, -0.15) is 0 Å². The molecular weight excluding hydrogens is 258 g/mol. The minimum Gasteiger partial charge on any atom is -0.481 e. The number of rotatable bonds is 7. The minimum atomic E-state index is -0.911. The van der Waals surface area contributed by atoms with Crippen LogP contribution in [0.25, 0.3) is 0 Å². The third-order valence-corrected chi connectivity index (χ3v) is 3.37. The first kappa shape index (κ1) is 18.7. The summed E-state index contributed by atoms with van der Waals surface area (Å²) in [5.74, 6) is -0.574. The van der Waals surface area contributed by atoms with Crippen LogP contribution in [-0.4, -0.2) is 28.3 Å². The van der Waals surface area contributed by atoms with Crippen LogP contribution in [0, 0.1) is 5.92 Å². The van der Waals surface area contributed by atoms with Crippen molar-refractivity contribution in [2.24, 2.45) is 5.92 Å². The highest BCUT2D eigenvalue weighted by Gasteiger charge is 2.35. The van der Waals surface area contributed by atoms with Crippen molar-refractivity contribution in [3.63, 3.8) is 0 Å². The zero-order valence-electron chi connectivity index (χ0n) is 13.6. The topological polar surface area (TPSA) is 75.6 Å². The molecule has 0 rings (SSSR count). The van der Waals surface area contributed by atoms with Gasteiger partial charge in [-0.1, -0.05) is 27.2 Å². The van der Waals surface area contributed by atoms with Crippen LogP contribution in [0.3, 0.4) is 0 Å². The molecule has 20 heavy (non-hydrogen) atoms. The van der Waals surface area contributed by atoms with Gasteiger partial charge in [0.15, 0.2) is 0 Å². The van der Waals surface area contributed by atoms with Crippen LogP contribution in [0.4, 0.5) is 4.79 Å². The van der Waals surface area contributed by atoms with Crippen LogP contribution in [-0.2, 0) is 9.53 Å². The van der Waals surface area contributed by atoms with Crippen molar-refractivity contribution in [1.82, 2.24) is 5.32 Å². The van der Waals surface area contributed by atoms with E-state index in [-0.39, 0.29) is 6.42 Å². The predicted molar refractivity (Wildman–Crippen MR) is 78.7 cm³/mol. The summed E-state index contributed by atoms with van der Waals surface area (Å²) in [6, 6.07) is 0. The number of amides is 1. The molecule has 5 heteroatoms. The summed E-state index contributed by atoms with van der Waals surface area (Å²) in [5, 5.41) is 11.9. The lowest BCUT2D eigenvalue weighted by molar-refractivity contribution is -0.138. The van der Waals surface area contributed by atoms with E-state index in [2.05, 4.69) is 19.2 Å². The molecule has 118 valence electrons. The van der Waals surface area contributed by atoms with Crippen molar-refractivity contribution in [3.05, 3.63) is 0 Å². The predicted octanol–water partition coefficient (Wildman–Crippen LogP) is 3.57. The second-order valence-corrected chi connectivity index (χ2v) is 6.55. The highest BCUT2D eigenvalue weighted by atomic mass is 16.6. The van der Waals surface area contributed by atoms with E-state index in [1.165, 1.54) is 0 Å². The fourth-order valence-corrected chi connectivity index (χ4v) is 2.15. The molecule has 0 spiro atoms. The Morgan fingerprint density at radius 2 is 1.80 bits per heavy atom. The van der Waals surface area contributed by atoms with Crippen molar-refractivity contribution in [2.75, 3.05) is 0 Å². The number of carboxylic acids is 1. The number of hydrogen-bond acceptors (Lipinski definition) is 3. The summed E-state index contributed by atoms with van der Waals surface area (Å²) < 4.78 is 5.25. The molecule has 0 aliphatic rings. The number of nitrogens with one attached hydrogen (secondary N) is 1. The Balaban J connectivity index is 4.99. The van der Waals surface area contributed by atoms with E-state index in [0.717, 1.165) is 6.42 Å². The fraction of sp³-hybridized carbons (Fsp3) is 0.867. The number of hydrogen-bond donors (Lipinski definition) is 2. The number of aliphatic carboxylic acids is 1. The first-order valence-electron chi connectivity index (χ1n) is 7.26. The Bertz CT molecular complexity index is 335. The highest BCUT2D eigenvalue weighted by molar-refractivity contribution is 5.73. The Labute approximate surface area is 122 Å². The van der Waals surface area contributed by atoms with Gasteiger partial charge in [0, 0.05) is 0 Å². The molecule has 0 aromatic rings. The largest absolute Gasteiger partial charge is 0.481 e. The van der Waals surface area contributed by atoms with Crippen molar-refractivity contribution >= 4 is 12.1 Å². The van der Waals surface area contributed by atoms with Gasteiger partial charge < -0.3 is 15.2 Å². The van der Waals surface area contributed by atoms with Crippen LogP contribution in [0.1, 0.15) is 67.2 Å². The summed E-state index contributed by atoms with van der Waals surface area (Å²) >= 11 is 0. The maximum absolute atomic E-state index is 12.0. The summed E-state index contributed by atoms with van der Waals surface area (Å²) in [4.78, 5) is 23.1. The van der Waals surface area contributed by atoms with Crippen molar-refractivity contribution in [1.29, 1.82) is 0 Å². The molecule has 1 amide bonds.